The molecule has 0 saturated carbocycles. The zero-order valence-electron chi connectivity index (χ0n) is 11.5. The van der Waals surface area contributed by atoms with Gasteiger partial charge < -0.3 is 9.84 Å². The Bertz CT molecular complexity index is 643. The van der Waals surface area contributed by atoms with Crippen molar-refractivity contribution in [3.63, 3.8) is 0 Å². The second-order valence-electron chi connectivity index (χ2n) is 4.44. The Balaban J connectivity index is 1.86. The first kappa shape index (κ1) is 15.9. The van der Waals surface area contributed by atoms with Crippen molar-refractivity contribution in [2.24, 2.45) is 0 Å². The molecule has 0 saturated heterocycles. The SMILES string of the molecule is Cc1ccc(SCCOc2cccc(Br)c2)cc1C(=O)O. The fourth-order valence-corrected chi connectivity index (χ4v) is 2.94. The quantitative estimate of drug-likeness (QED) is 0.598. The van der Waals surface area contributed by atoms with Crippen LogP contribution < -0.4 is 4.74 Å². The van der Waals surface area contributed by atoms with Gasteiger partial charge >= 0.3 is 5.97 Å². The van der Waals surface area contributed by atoms with Crippen molar-refractivity contribution in [3.8, 4) is 5.75 Å². The van der Waals surface area contributed by atoms with Crippen LogP contribution in [0.4, 0.5) is 0 Å². The van der Waals surface area contributed by atoms with Crippen LogP contribution >= 0.6 is 27.7 Å². The number of rotatable bonds is 6. The summed E-state index contributed by atoms with van der Waals surface area (Å²) in [5.74, 6) is 0.690. The normalized spacial score (nSPS) is 10.4. The molecule has 0 bridgehead atoms. The molecule has 0 radical (unpaired) electrons. The third-order valence-electron chi connectivity index (χ3n) is 2.86. The highest BCUT2D eigenvalue weighted by Gasteiger charge is 2.08. The molecule has 5 heteroatoms. The molecule has 2 aromatic rings. The average Bonchev–Trinajstić information content (AvgIpc) is 2.45. The molecule has 2 rings (SSSR count). The lowest BCUT2D eigenvalue weighted by atomic mass is 10.1. The molecule has 0 spiro atoms. The molecule has 110 valence electrons. The lowest BCUT2D eigenvalue weighted by Gasteiger charge is -2.07. The van der Waals surface area contributed by atoms with Crippen molar-refractivity contribution < 1.29 is 14.6 Å². The van der Waals surface area contributed by atoms with Gasteiger partial charge in [-0.15, -0.1) is 11.8 Å². The number of benzene rings is 2. The highest BCUT2D eigenvalue weighted by Crippen LogP contribution is 2.22. The molecule has 21 heavy (non-hydrogen) atoms. The molecule has 0 fully saturated rings. The summed E-state index contributed by atoms with van der Waals surface area (Å²) in [6.07, 6.45) is 0. The van der Waals surface area contributed by atoms with Crippen LogP contribution in [-0.4, -0.2) is 23.4 Å². The summed E-state index contributed by atoms with van der Waals surface area (Å²) in [5.41, 5.74) is 1.13. The molecule has 0 aliphatic carbocycles. The van der Waals surface area contributed by atoms with Crippen LogP contribution in [-0.2, 0) is 0 Å². The molecule has 0 aliphatic heterocycles. The van der Waals surface area contributed by atoms with Crippen molar-refractivity contribution in [2.45, 2.75) is 11.8 Å². The number of hydrogen-bond donors (Lipinski definition) is 1. The van der Waals surface area contributed by atoms with Crippen LogP contribution in [0.15, 0.2) is 51.8 Å². The number of hydrogen-bond acceptors (Lipinski definition) is 3. The number of halogens is 1. The standard InChI is InChI=1S/C16H15BrO3S/c1-11-5-6-14(10-15(11)16(18)19)21-8-7-20-13-4-2-3-12(17)9-13/h2-6,9-10H,7-8H2,1H3,(H,18,19). The third kappa shape index (κ3) is 4.79. The maximum atomic E-state index is 11.1. The maximum Gasteiger partial charge on any atom is 0.335 e. The maximum absolute atomic E-state index is 11.1. The molecule has 2 aromatic carbocycles. The van der Waals surface area contributed by atoms with E-state index in [1.807, 2.05) is 36.4 Å². The zero-order valence-corrected chi connectivity index (χ0v) is 13.9. The van der Waals surface area contributed by atoms with Crippen molar-refractivity contribution in [3.05, 3.63) is 58.1 Å². The molecule has 0 amide bonds. The van der Waals surface area contributed by atoms with Crippen LogP contribution in [0.3, 0.4) is 0 Å². The largest absolute Gasteiger partial charge is 0.493 e. The van der Waals surface area contributed by atoms with Gasteiger partial charge in [0.05, 0.1) is 12.2 Å². The van der Waals surface area contributed by atoms with E-state index >= 15 is 0 Å². The van der Waals surface area contributed by atoms with E-state index in [0.717, 1.165) is 26.4 Å². The molecule has 1 N–H and O–H groups in total. The van der Waals surface area contributed by atoms with E-state index in [2.05, 4.69) is 15.9 Å². The Hall–Kier alpha value is -1.46. The minimum atomic E-state index is -0.889. The van der Waals surface area contributed by atoms with E-state index in [4.69, 9.17) is 9.84 Å². The van der Waals surface area contributed by atoms with Gasteiger partial charge in [-0.2, -0.15) is 0 Å². The number of aryl methyl sites for hydroxylation is 1. The number of carboxylic acid groups (broad SMARTS) is 1. The molecule has 0 aromatic heterocycles. The molecule has 3 nitrogen and oxygen atoms in total. The van der Waals surface area contributed by atoms with Gasteiger partial charge in [0, 0.05) is 15.1 Å². The monoisotopic (exact) mass is 366 g/mol. The smallest absolute Gasteiger partial charge is 0.335 e. The van der Waals surface area contributed by atoms with E-state index in [1.54, 1.807) is 24.8 Å². The molecule has 0 aliphatic rings. The zero-order chi connectivity index (χ0) is 15.2. The van der Waals surface area contributed by atoms with Gasteiger partial charge in [0.2, 0.25) is 0 Å². The summed E-state index contributed by atoms with van der Waals surface area (Å²) < 4.78 is 6.63. The van der Waals surface area contributed by atoms with Crippen molar-refractivity contribution in [1.82, 2.24) is 0 Å². The molecule has 0 heterocycles. The Morgan fingerprint density at radius 2 is 2.10 bits per heavy atom. The lowest BCUT2D eigenvalue weighted by Crippen LogP contribution is -2.01. The van der Waals surface area contributed by atoms with Gasteiger partial charge in [-0.05, 0) is 42.8 Å². The van der Waals surface area contributed by atoms with Gasteiger partial charge in [-0.3, -0.25) is 0 Å². The third-order valence-corrected chi connectivity index (χ3v) is 4.31. The highest BCUT2D eigenvalue weighted by atomic mass is 79.9. The topological polar surface area (TPSA) is 46.5 Å². The minimum absolute atomic E-state index is 0.355. The molecular formula is C16H15BrO3S. The van der Waals surface area contributed by atoms with Crippen molar-refractivity contribution >= 4 is 33.7 Å². The molecule has 0 unspecified atom stereocenters. The molecule has 0 atom stereocenters. The second-order valence-corrected chi connectivity index (χ2v) is 6.52. The Morgan fingerprint density at radius 3 is 2.81 bits per heavy atom. The Morgan fingerprint density at radius 1 is 1.29 bits per heavy atom. The second kappa shape index (κ2) is 7.52. The minimum Gasteiger partial charge on any atom is -0.493 e. The van der Waals surface area contributed by atoms with E-state index in [1.165, 1.54) is 0 Å². The highest BCUT2D eigenvalue weighted by molar-refractivity contribution is 9.10. The van der Waals surface area contributed by atoms with Gasteiger partial charge in [0.25, 0.3) is 0 Å². The van der Waals surface area contributed by atoms with Crippen molar-refractivity contribution in [1.29, 1.82) is 0 Å². The van der Waals surface area contributed by atoms with Crippen LogP contribution in [0, 0.1) is 6.92 Å². The summed E-state index contributed by atoms with van der Waals surface area (Å²) in [5, 5.41) is 9.10. The number of carbonyl (C=O) groups is 1. The summed E-state index contributed by atoms with van der Waals surface area (Å²) in [7, 11) is 0. The predicted octanol–water partition coefficient (Wildman–Crippen LogP) is 4.63. The predicted molar refractivity (Wildman–Crippen MR) is 88.5 cm³/mol. The van der Waals surface area contributed by atoms with Crippen LogP contribution in [0.2, 0.25) is 0 Å². The van der Waals surface area contributed by atoms with Crippen LogP contribution in [0.1, 0.15) is 15.9 Å². The summed E-state index contributed by atoms with van der Waals surface area (Å²) in [4.78, 5) is 12.0. The van der Waals surface area contributed by atoms with E-state index < -0.39 is 5.97 Å². The van der Waals surface area contributed by atoms with Crippen molar-refractivity contribution in [2.75, 3.05) is 12.4 Å². The van der Waals surface area contributed by atoms with Crippen LogP contribution in [0.25, 0.3) is 0 Å². The summed E-state index contributed by atoms with van der Waals surface area (Å²) in [6, 6.07) is 13.2. The fraction of sp³-hybridized carbons (Fsp3) is 0.188. The Kier molecular flexibility index (Phi) is 5.70. The Labute approximate surface area is 136 Å². The van der Waals surface area contributed by atoms with E-state index in [9.17, 15) is 4.79 Å². The number of carboxylic acids is 1. The van der Waals surface area contributed by atoms with E-state index in [0.29, 0.717) is 12.2 Å². The van der Waals surface area contributed by atoms with Gasteiger partial charge in [-0.25, -0.2) is 4.79 Å². The lowest BCUT2D eigenvalue weighted by molar-refractivity contribution is 0.0696. The van der Waals surface area contributed by atoms with Gasteiger partial charge in [0.15, 0.2) is 0 Å². The van der Waals surface area contributed by atoms with E-state index in [-0.39, 0.29) is 0 Å². The van der Waals surface area contributed by atoms with Gasteiger partial charge in [-0.1, -0.05) is 28.1 Å². The van der Waals surface area contributed by atoms with Crippen LogP contribution in [0.5, 0.6) is 5.75 Å². The average molecular weight is 367 g/mol. The summed E-state index contributed by atoms with van der Waals surface area (Å²) in [6.45, 7) is 2.37. The summed E-state index contributed by atoms with van der Waals surface area (Å²) >= 11 is 4.98. The number of ether oxygens (including phenoxy) is 1. The molecular weight excluding hydrogens is 352 g/mol. The first-order valence-corrected chi connectivity index (χ1v) is 8.19. The van der Waals surface area contributed by atoms with Gasteiger partial charge in [0.1, 0.15) is 5.75 Å². The first-order chi connectivity index (χ1) is 10.1. The fourth-order valence-electron chi connectivity index (χ4n) is 1.80. The number of thioether (sulfide) groups is 1. The number of aromatic carboxylic acids is 1. The first-order valence-electron chi connectivity index (χ1n) is 6.41.